The fourth-order valence-corrected chi connectivity index (χ4v) is 2.87. The van der Waals surface area contributed by atoms with Gasteiger partial charge in [0.2, 0.25) is 10.0 Å². The molecule has 0 saturated heterocycles. The third-order valence-electron chi connectivity index (χ3n) is 2.79. The van der Waals surface area contributed by atoms with Gasteiger partial charge in [0, 0.05) is 20.3 Å². The molecule has 1 atom stereocenters. The summed E-state index contributed by atoms with van der Waals surface area (Å²) in [5.41, 5.74) is 0. The van der Waals surface area contributed by atoms with Crippen LogP contribution >= 0.6 is 0 Å². The molecule has 1 unspecified atom stereocenters. The highest BCUT2D eigenvalue weighted by molar-refractivity contribution is 7.89. The summed E-state index contributed by atoms with van der Waals surface area (Å²) in [6.07, 6.45) is 1.43. The second-order valence-corrected chi connectivity index (χ2v) is 7.10. The zero-order valence-corrected chi connectivity index (χ0v) is 13.4. The number of nitrogens with one attached hydrogen (secondary N) is 1. The Morgan fingerprint density at radius 3 is 2.38 bits per heavy atom. The Bertz CT molecular complexity index is 582. The van der Waals surface area contributed by atoms with E-state index in [-0.39, 0.29) is 17.2 Å². The largest absolute Gasteiger partial charge is 0.480 e. The van der Waals surface area contributed by atoms with Crippen LogP contribution in [0.4, 0.5) is 5.82 Å². The van der Waals surface area contributed by atoms with Crippen molar-refractivity contribution in [1.82, 2.24) is 9.71 Å². The summed E-state index contributed by atoms with van der Waals surface area (Å²) in [7, 11) is -0.325. The summed E-state index contributed by atoms with van der Waals surface area (Å²) in [5.74, 6) is -0.515. The topological polar surface area (TPSA) is 99.6 Å². The maximum Gasteiger partial charge on any atom is 0.321 e. The Hall–Kier alpha value is -1.67. The molecule has 0 aliphatic carbocycles. The molecule has 0 fully saturated rings. The van der Waals surface area contributed by atoms with Crippen LogP contribution in [-0.4, -0.2) is 44.6 Å². The molecule has 0 aliphatic rings. The molecule has 1 aromatic heterocycles. The Morgan fingerprint density at radius 1 is 1.38 bits per heavy atom. The number of nitrogens with zero attached hydrogens (tertiary/aromatic N) is 2. The monoisotopic (exact) mass is 315 g/mol. The van der Waals surface area contributed by atoms with Gasteiger partial charge in [0.05, 0.1) is 0 Å². The molecule has 2 N–H and O–H groups in total. The van der Waals surface area contributed by atoms with Crippen molar-refractivity contribution in [3.63, 3.8) is 0 Å². The summed E-state index contributed by atoms with van der Waals surface area (Å²) in [6, 6.07) is 1.81. The molecule has 0 aliphatic heterocycles. The fraction of sp³-hybridized carbons (Fsp3) is 0.538. The maximum atomic E-state index is 12.2. The van der Waals surface area contributed by atoms with Crippen LogP contribution in [0.25, 0.3) is 0 Å². The van der Waals surface area contributed by atoms with Crippen molar-refractivity contribution in [2.45, 2.75) is 31.2 Å². The molecule has 7 nitrogen and oxygen atoms in total. The van der Waals surface area contributed by atoms with Crippen molar-refractivity contribution in [2.75, 3.05) is 19.0 Å². The van der Waals surface area contributed by atoms with Gasteiger partial charge in [0.1, 0.15) is 16.8 Å². The van der Waals surface area contributed by atoms with Crippen molar-refractivity contribution in [3.8, 4) is 0 Å². The normalized spacial score (nSPS) is 13.2. The lowest BCUT2D eigenvalue weighted by molar-refractivity contribution is -0.139. The molecule has 1 heterocycles. The lowest BCUT2D eigenvalue weighted by atomic mass is 10.1. The number of rotatable bonds is 7. The lowest BCUT2D eigenvalue weighted by Gasteiger charge is -2.17. The van der Waals surface area contributed by atoms with Crippen LogP contribution in [0.3, 0.4) is 0 Å². The Balaban J connectivity index is 2.96. The van der Waals surface area contributed by atoms with Crippen molar-refractivity contribution in [3.05, 3.63) is 18.3 Å². The highest BCUT2D eigenvalue weighted by Crippen LogP contribution is 2.14. The van der Waals surface area contributed by atoms with Gasteiger partial charge in [-0.2, -0.15) is 4.72 Å². The third-order valence-corrected chi connectivity index (χ3v) is 4.25. The molecule has 1 rings (SSSR count). The van der Waals surface area contributed by atoms with E-state index in [0.29, 0.717) is 5.82 Å². The highest BCUT2D eigenvalue weighted by atomic mass is 32.2. The minimum atomic E-state index is -3.90. The number of carboxylic acid groups (broad SMARTS) is 1. The summed E-state index contributed by atoms with van der Waals surface area (Å²) in [6.45, 7) is 3.66. The zero-order chi connectivity index (χ0) is 16.2. The zero-order valence-electron chi connectivity index (χ0n) is 12.6. The lowest BCUT2D eigenvalue weighted by Crippen LogP contribution is -2.41. The number of aliphatic carboxylic acids is 1. The van der Waals surface area contributed by atoms with Gasteiger partial charge in [-0.1, -0.05) is 13.8 Å². The van der Waals surface area contributed by atoms with Gasteiger partial charge >= 0.3 is 5.97 Å². The third kappa shape index (κ3) is 4.98. The molecular weight excluding hydrogens is 294 g/mol. The second-order valence-electron chi connectivity index (χ2n) is 5.39. The van der Waals surface area contributed by atoms with Crippen LogP contribution < -0.4 is 9.62 Å². The number of anilines is 1. The number of carbonyl (C=O) groups is 1. The number of hydrogen-bond donors (Lipinski definition) is 2. The molecule has 8 heteroatoms. The predicted octanol–water partition coefficient (Wildman–Crippen LogP) is 0.925. The van der Waals surface area contributed by atoms with Gasteiger partial charge in [-0.3, -0.25) is 4.79 Å². The van der Waals surface area contributed by atoms with Crippen molar-refractivity contribution in [1.29, 1.82) is 0 Å². The van der Waals surface area contributed by atoms with E-state index in [1.165, 1.54) is 12.3 Å². The molecule has 1 aromatic rings. The molecule has 118 valence electrons. The van der Waals surface area contributed by atoms with E-state index < -0.39 is 22.0 Å². The Kier molecular flexibility index (Phi) is 5.68. The molecule has 0 aromatic carbocycles. The van der Waals surface area contributed by atoms with Crippen molar-refractivity contribution >= 4 is 21.8 Å². The number of pyridine rings is 1. The SMILES string of the molecule is CC(C)CC(NS(=O)(=O)c1ccc(N(C)C)nc1)C(=O)O. The van der Waals surface area contributed by atoms with E-state index in [2.05, 4.69) is 9.71 Å². The summed E-state index contributed by atoms with van der Waals surface area (Å²) >= 11 is 0. The minimum absolute atomic E-state index is 0.0527. The molecule has 21 heavy (non-hydrogen) atoms. The number of carboxylic acids is 1. The first-order valence-electron chi connectivity index (χ1n) is 6.52. The number of hydrogen-bond acceptors (Lipinski definition) is 5. The van der Waals surface area contributed by atoms with Crippen LogP contribution in [0.5, 0.6) is 0 Å². The highest BCUT2D eigenvalue weighted by Gasteiger charge is 2.26. The van der Waals surface area contributed by atoms with Crippen LogP contribution in [-0.2, 0) is 14.8 Å². The van der Waals surface area contributed by atoms with Crippen molar-refractivity contribution < 1.29 is 18.3 Å². The first kappa shape index (κ1) is 17.4. The van der Waals surface area contributed by atoms with E-state index in [9.17, 15) is 13.2 Å². The first-order chi connectivity index (χ1) is 9.63. The van der Waals surface area contributed by atoms with Gasteiger partial charge in [-0.05, 0) is 24.5 Å². The molecule has 0 saturated carbocycles. The van der Waals surface area contributed by atoms with Crippen LogP contribution in [0, 0.1) is 5.92 Å². The molecular formula is C13H21N3O4S. The predicted molar refractivity (Wildman–Crippen MR) is 79.8 cm³/mol. The molecule has 0 radical (unpaired) electrons. The molecule has 0 spiro atoms. The second kappa shape index (κ2) is 6.86. The summed E-state index contributed by atoms with van der Waals surface area (Å²) in [4.78, 5) is 16.8. The van der Waals surface area contributed by atoms with Gasteiger partial charge < -0.3 is 10.0 Å². The maximum absolute atomic E-state index is 12.2. The number of aromatic nitrogens is 1. The standard InChI is InChI=1S/C13H21N3O4S/c1-9(2)7-11(13(17)18)15-21(19,20)10-5-6-12(14-8-10)16(3)4/h5-6,8-9,11,15H,7H2,1-4H3,(H,17,18). The van der Waals surface area contributed by atoms with Crippen molar-refractivity contribution in [2.24, 2.45) is 5.92 Å². The fourth-order valence-electron chi connectivity index (χ4n) is 1.72. The summed E-state index contributed by atoms with van der Waals surface area (Å²) < 4.78 is 26.6. The van der Waals surface area contributed by atoms with E-state index >= 15 is 0 Å². The van der Waals surface area contributed by atoms with Gasteiger partial charge in [0.15, 0.2) is 0 Å². The number of sulfonamides is 1. The molecule has 0 bridgehead atoms. The van der Waals surface area contributed by atoms with Crippen LogP contribution in [0.15, 0.2) is 23.2 Å². The van der Waals surface area contributed by atoms with E-state index in [4.69, 9.17) is 5.11 Å². The quantitative estimate of drug-likeness (QED) is 0.776. The van der Waals surface area contributed by atoms with E-state index in [1.54, 1.807) is 25.1 Å². The van der Waals surface area contributed by atoms with Crippen LogP contribution in [0.2, 0.25) is 0 Å². The summed E-state index contributed by atoms with van der Waals surface area (Å²) in [5, 5.41) is 9.10. The average Bonchev–Trinajstić information content (AvgIpc) is 2.37. The van der Waals surface area contributed by atoms with E-state index in [1.807, 2.05) is 13.8 Å². The Labute approximate surface area is 125 Å². The van der Waals surface area contributed by atoms with Gasteiger partial charge in [0.25, 0.3) is 0 Å². The Morgan fingerprint density at radius 2 is 2.00 bits per heavy atom. The smallest absolute Gasteiger partial charge is 0.321 e. The van der Waals surface area contributed by atoms with E-state index in [0.717, 1.165) is 0 Å². The average molecular weight is 315 g/mol. The minimum Gasteiger partial charge on any atom is -0.480 e. The molecule has 0 amide bonds. The first-order valence-corrected chi connectivity index (χ1v) is 8.00. The van der Waals surface area contributed by atoms with Gasteiger partial charge in [-0.15, -0.1) is 0 Å². The van der Waals surface area contributed by atoms with Crippen LogP contribution in [0.1, 0.15) is 20.3 Å². The van der Waals surface area contributed by atoms with Gasteiger partial charge in [-0.25, -0.2) is 13.4 Å².